The van der Waals surface area contributed by atoms with E-state index in [0.717, 1.165) is 6.92 Å². The van der Waals surface area contributed by atoms with Gasteiger partial charge in [0.05, 0.1) is 6.61 Å². The van der Waals surface area contributed by atoms with Crippen molar-refractivity contribution in [2.24, 2.45) is 0 Å². The van der Waals surface area contributed by atoms with Crippen molar-refractivity contribution in [3.05, 3.63) is 12.2 Å². The first kappa shape index (κ1) is 34.8. The minimum atomic E-state index is -9.00. The van der Waals surface area contributed by atoms with Gasteiger partial charge in [-0.15, -0.1) is 0 Å². The lowest BCUT2D eigenvalue weighted by Gasteiger charge is -2.43. The Kier molecular flexibility index (Phi) is 8.99. The molecule has 0 amide bonds. The summed E-state index contributed by atoms with van der Waals surface area (Å²) in [4.78, 5) is 10.9. The van der Waals surface area contributed by atoms with E-state index in [1.165, 1.54) is 0 Å². The standard InChI is InChI=1S/C15H9F19O3/c1-5(2)6(35)36-3-4-37-15(33,34)13(28,29)11(24,25)9(20,21)7(16,17)8(18,19)10(22,23)12(26,27)14(30,31)32/h1,3-4H2,2H3. The second-order valence-corrected chi connectivity index (χ2v) is 6.80. The van der Waals surface area contributed by atoms with Crippen LogP contribution in [-0.2, 0) is 14.3 Å². The molecule has 22 heteroatoms. The number of hydrogen-bond acceptors (Lipinski definition) is 3. The van der Waals surface area contributed by atoms with Crippen LogP contribution in [-0.4, -0.2) is 72.9 Å². The number of hydrogen-bond donors (Lipinski definition) is 0. The average Bonchev–Trinajstić information content (AvgIpc) is 2.68. The Hall–Kier alpha value is -2.16. The molecule has 0 aromatic carbocycles. The molecule has 0 aliphatic rings. The molecule has 37 heavy (non-hydrogen) atoms. The Morgan fingerprint density at radius 1 is 0.541 bits per heavy atom. The summed E-state index contributed by atoms with van der Waals surface area (Å²) in [5.41, 5.74) is -0.487. The summed E-state index contributed by atoms with van der Waals surface area (Å²) in [5.74, 6) is -62.2. The number of alkyl halides is 19. The fourth-order valence-corrected chi connectivity index (χ4v) is 1.86. The monoisotopic (exact) mass is 598 g/mol. The van der Waals surface area contributed by atoms with Gasteiger partial charge in [-0.25, -0.2) is 4.79 Å². The van der Waals surface area contributed by atoms with Crippen molar-refractivity contribution < 1.29 is 97.7 Å². The van der Waals surface area contributed by atoms with E-state index in [-0.39, 0.29) is 0 Å². The second kappa shape index (κ2) is 9.54. The van der Waals surface area contributed by atoms with Crippen LogP contribution in [0.15, 0.2) is 12.2 Å². The van der Waals surface area contributed by atoms with Crippen LogP contribution in [0.3, 0.4) is 0 Å². The third-order valence-electron chi connectivity index (χ3n) is 4.04. The Morgan fingerprint density at radius 3 is 1.14 bits per heavy atom. The molecule has 0 rings (SSSR count). The number of carbonyl (C=O) groups excluding carboxylic acids is 1. The summed E-state index contributed by atoms with van der Waals surface area (Å²) in [5, 5.41) is 0. The van der Waals surface area contributed by atoms with Crippen molar-refractivity contribution in [3.8, 4) is 0 Å². The summed E-state index contributed by atoms with van der Waals surface area (Å²) in [6.45, 7) is 0.114. The third-order valence-corrected chi connectivity index (χ3v) is 4.04. The van der Waals surface area contributed by atoms with E-state index in [1.54, 1.807) is 0 Å². The summed E-state index contributed by atoms with van der Waals surface area (Å²) in [7, 11) is 0. The molecule has 0 spiro atoms. The van der Waals surface area contributed by atoms with Gasteiger partial charge in [0.25, 0.3) is 0 Å². The molecule has 0 heterocycles. The van der Waals surface area contributed by atoms with E-state index in [2.05, 4.69) is 16.1 Å². The van der Waals surface area contributed by atoms with Gasteiger partial charge >= 0.3 is 59.7 Å². The molecule has 220 valence electrons. The molecule has 0 radical (unpaired) electrons. The first-order chi connectivity index (χ1) is 15.8. The summed E-state index contributed by atoms with van der Waals surface area (Å²) < 4.78 is 255. The SMILES string of the molecule is C=C(C)C(=O)OCCOC(F)(F)C(F)(F)C(F)(F)C(F)(F)C(F)(F)C(F)(F)C(F)(F)C(F)(F)C(F)(F)F. The lowest BCUT2D eigenvalue weighted by atomic mass is 9.88. The van der Waals surface area contributed by atoms with Gasteiger partial charge in [0.1, 0.15) is 6.61 Å². The largest absolute Gasteiger partial charge is 0.460 e. The minimum absolute atomic E-state index is 0.487. The molecule has 0 aliphatic heterocycles. The molecule has 0 aliphatic carbocycles. The summed E-state index contributed by atoms with van der Waals surface area (Å²) in [6, 6.07) is 0. The highest BCUT2D eigenvalue weighted by Gasteiger charge is 2.97. The predicted octanol–water partition coefficient (Wildman–Crippen LogP) is 6.72. The zero-order valence-electron chi connectivity index (χ0n) is 17.0. The maximum atomic E-state index is 13.5. The zero-order chi connectivity index (χ0) is 30.5. The normalized spacial score (nSPS) is 15.6. The molecular formula is C15H9F19O3. The fraction of sp³-hybridized carbons (Fsp3) is 0.800. The van der Waals surface area contributed by atoms with Gasteiger partial charge in [0.2, 0.25) is 0 Å². The van der Waals surface area contributed by atoms with Gasteiger partial charge in [0.15, 0.2) is 0 Å². The van der Waals surface area contributed by atoms with E-state index >= 15 is 0 Å². The average molecular weight is 598 g/mol. The minimum Gasteiger partial charge on any atom is -0.460 e. The second-order valence-electron chi connectivity index (χ2n) is 6.80. The lowest BCUT2D eigenvalue weighted by Crippen LogP contribution is -2.76. The predicted molar refractivity (Wildman–Crippen MR) is 77.4 cm³/mol. The molecular weight excluding hydrogens is 589 g/mol. The Bertz CT molecular complexity index is 857. The van der Waals surface area contributed by atoms with Crippen molar-refractivity contribution in [2.45, 2.75) is 60.7 Å². The number of rotatable bonds is 12. The van der Waals surface area contributed by atoms with Crippen LogP contribution in [0.2, 0.25) is 0 Å². The van der Waals surface area contributed by atoms with E-state index in [9.17, 15) is 88.2 Å². The van der Waals surface area contributed by atoms with Crippen molar-refractivity contribution in [1.29, 1.82) is 0 Å². The molecule has 0 fully saturated rings. The van der Waals surface area contributed by atoms with Crippen molar-refractivity contribution in [2.75, 3.05) is 13.2 Å². The van der Waals surface area contributed by atoms with Crippen LogP contribution in [0.4, 0.5) is 83.4 Å². The van der Waals surface area contributed by atoms with E-state index in [0.29, 0.717) is 0 Å². The lowest BCUT2D eigenvalue weighted by molar-refractivity contribution is -0.481. The molecule has 0 aromatic heterocycles. The van der Waals surface area contributed by atoms with Crippen LogP contribution < -0.4 is 0 Å². The molecule has 0 bridgehead atoms. The zero-order valence-corrected chi connectivity index (χ0v) is 17.0. The number of esters is 1. The van der Waals surface area contributed by atoms with Crippen LogP contribution in [0.5, 0.6) is 0 Å². The van der Waals surface area contributed by atoms with Crippen molar-refractivity contribution >= 4 is 5.97 Å². The van der Waals surface area contributed by atoms with E-state index < -0.39 is 78.5 Å². The van der Waals surface area contributed by atoms with Gasteiger partial charge in [-0.05, 0) is 6.92 Å². The quantitative estimate of drug-likeness (QED) is 0.108. The molecule has 0 saturated carbocycles. The van der Waals surface area contributed by atoms with Crippen molar-refractivity contribution in [3.63, 3.8) is 0 Å². The van der Waals surface area contributed by atoms with Gasteiger partial charge in [0, 0.05) is 5.57 Å². The topological polar surface area (TPSA) is 35.5 Å². The smallest absolute Gasteiger partial charge is 0.460 e. The molecule has 3 nitrogen and oxygen atoms in total. The van der Waals surface area contributed by atoms with Crippen LogP contribution in [0.25, 0.3) is 0 Å². The van der Waals surface area contributed by atoms with Crippen LogP contribution in [0.1, 0.15) is 6.92 Å². The Labute approximate surface area is 191 Å². The first-order valence-electron chi connectivity index (χ1n) is 8.38. The number of halogens is 19. The first-order valence-corrected chi connectivity index (χ1v) is 8.38. The number of carbonyl (C=O) groups is 1. The van der Waals surface area contributed by atoms with Crippen molar-refractivity contribution in [1.82, 2.24) is 0 Å². The van der Waals surface area contributed by atoms with E-state index in [1.807, 2.05) is 0 Å². The molecule has 0 aromatic rings. The highest BCUT2D eigenvalue weighted by atomic mass is 19.4. The van der Waals surface area contributed by atoms with Gasteiger partial charge in [-0.3, -0.25) is 0 Å². The fourth-order valence-electron chi connectivity index (χ4n) is 1.86. The molecule has 0 N–H and O–H groups in total. The van der Waals surface area contributed by atoms with Gasteiger partial charge in [-0.2, -0.15) is 83.4 Å². The van der Waals surface area contributed by atoms with Crippen LogP contribution >= 0.6 is 0 Å². The maximum absolute atomic E-state index is 13.5. The highest BCUT2D eigenvalue weighted by molar-refractivity contribution is 5.86. The van der Waals surface area contributed by atoms with Gasteiger partial charge < -0.3 is 9.47 Å². The van der Waals surface area contributed by atoms with Gasteiger partial charge in [-0.1, -0.05) is 6.58 Å². The summed E-state index contributed by atoms with van der Waals surface area (Å²) in [6.07, 6.45) is -15.1. The maximum Gasteiger partial charge on any atom is 0.460 e. The van der Waals surface area contributed by atoms with E-state index in [4.69, 9.17) is 0 Å². The molecule has 0 saturated heterocycles. The summed E-state index contributed by atoms with van der Waals surface area (Å²) >= 11 is 0. The molecule has 0 unspecified atom stereocenters. The third kappa shape index (κ3) is 5.12. The Balaban J connectivity index is 6.44. The Morgan fingerprint density at radius 2 is 0.838 bits per heavy atom. The molecule has 0 atom stereocenters. The van der Waals surface area contributed by atoms with Crippen LogP contribution in [0, 0.1) is 0 Å². The number of ether oxygens (including phenoxy) is 2. The highest BCUT2D eigenvalue weighted by Crippen LogP contribution is 2.65.